The molecule has 13 atom stereocenters. The number of carbonyl (C=O) groups excluding carboxylic acids is 6. The maximum Gasteiger partial charge on any atom is 0.470 e. The lowest BCUT2D eigenvalue weighted by molar-refractivity contribution is -0.300. The highest BCUT2D eigenvalue weighted by Gasteiger charge is 2.54. The molecule has 2 aliphatic rings. The Bertz CT molecular complexity index is 2420. The second-order valence-corrected chi connectivity index (χ2v) is 34.7. The average Bonchev–Trinajstić information content (AvgIpc) is 0.781. The summed E-state index contributed by atoms with van der Waals surface area (Å²) in [6, 6.07) is -3.10. The Hall–Kier alpha value is -3.35. The lowest BCUT2D eigenvalue weighted by Crippen LogP contribution is -2.67. The van der Waals surface area contributed by atoms with E-state index in [1.807, 2.05) is 0 Å². The van der Waals surface area contributed by atoms with Gasteiger partial charge in [-0.2, -0.15) is 0 Å². The molecule has 23 nitrogen and oxygen atoms in total. The fraction of sp³-hybridized carbons (Fsp3) is 0.934. The summed E-state index contributed by atoms with van der Waals surface area (Å²) >= 11 is 0. The van der Waals surface area contributed by atoms with Crippen molar-refractivity contribution < 1.29 is 101 Å². The van der Waals surface area contributed by atoms with Gasteiger partial charge in [0.25, 0.3) is 0 Å². The molecule has 0 aromatic carbocycles. The first-order chi connectivity index (χ1) is 55.8. The van der Waals surface area contributed by atoms with E-state index in [4.69, 9.17) is 42.4 Å². The number of phosphoric acid groups is 1. The first-order valence-corrected chi connectivity index (χ1v) is 48.8. The zero-order valence-electron chi connectivity index (χ0n) is 73.7. The van der Waals surface area contributed by atoms with E-state index in [2.05, 4.69) is 52.2 Å². The summed E-state index contributed by atoms with van der Waals surface area (Å²) in [5.74, 6) is -3.68. The van der Waals surface area contributed by atoms with Crippen molar-refractivity contribution in [1.82, 2.24) is 10.6 Å². The first-order valence-electron chi connectivity index (χ1n) is 47.3. The molecule has 0 saturated carbocycles. The summed E-state index contributed by atoms with van der Waals surface area (Å²) in [6.45, 7) is 11.5. The number of hydrogen-bond acceptors (Lipinski definition) is 19. The fourth-order valence-corrected chi connectivity index (χ4v) is 16.4. The molecule has 0 aliphatic carbocycles. The van der Waals surface area contributed by atoms with Crippen molar-refractivity contribution in [3.05, 3.63) is 0 Å². The van der Waals surface area contributed by atoms with Gasteiger partial charge in [0, 0.05) is 26.4 Å². The van der Waals surface area contributed by atoms with Crippen molar-refractivity contribution in [3.63, 3.8) is 0 Å². The summed E-state index contributed by atoms with van der Waals surface area (Å²) in [5.41, 5.74) is 0. The normalized spacial score (nSPS) is 20.5. The number of aliphatic hydroxyl groups excluding tert-OH is 3. The summed E-state index contributed by atoms with van der Waals surface area (Å²) < 4.78 is 67.7. The van der Waals surface area contributed by atoms with Crippen LogP contribution in [0.3, 0.4) is 0 Å². The van der Waals surface area contributed by atoms with Gasteiger partial charge < -0.3 is 73.6 Å². The van der Waals surface area contributed by atoms with Crippen molar-refractivity contribution in [1.29, 1.82) is 0 Å². The Morgan fingerprint density at radius 2 is 0.643 bits per heavy atom. The Balaban J connectivity index is 2.62. The molecule has 676 valence electrons. The van der Waals surface area contributed by atoms with Gasteiger partial charge in [-0.3, -0.25) is 33.3 Å². The van der Waals surface area contributed by atoms with Crippen LogP contribution in [0.2, 0.25) is 0 Å². The number of rotatable bonds is 79. The molecule has 0 radical (unpaired) electrons. The van der Waals surface area contributed by atoms with E-state index in [9.17, 15) is 58.4 Å². The highest BCUT2D eigenvalue weighted by molar-refractivity contribution is 7.46. The number of nitrogens with one attached hydrogen (secondary N) is 2. The van der Waals surface area contributed by atoms with Crippen LogP contribution in [0, 0.1) is 0 Å². The molecule has 24 heteroatoms. The van der Waals surface area contributed by atoms with Gasteiger partial charge in [-0.05, 0) is 57.8 Å². The lowest BCUT2D eigenvalue weighted by atomic mass is 9.95. The third kappa shape index (κ3) is 56.1. The highest BCUT2D eigenvalue weighted by atomic mass is 31.2. The number of methoxy groups -OCH3 is 1. The quantitative estimate of drug-likeness (QED) is 0.0129. The van der Waals surface area contributed by atoms with E-state index < -0.39 is 143 Å². The van der Waals surface area contributed by atoms with Crippen LogP contribution in [0.4, 0.5) is 0 Å². The molecule has 0 bridgehead atoms. The van der Waals surface area contributed by atoms with Crippen LogP contribution in [0.1, 0.15) is 446 Å². The fourth-order valence-electron chi connectivity index (χ4n) is 15.8. The van der Waals surface area contributed by atoms with Crippen LogP contribution in [0.15, 0.2) is 0 Å². The molecule has 2 aliphatic heterocycles. The van der Waals surface area contributed by atoms with E-state index in [0.717, 1.165) is 180 Å². The number of ether oxygens (including phenoxy) is 8. The van der Waals surface area contributed by atoms with Crippen LogP contribution in [-0.4, -0.2) is 161 Å². The number of carbonyl (C=O) groups is 6. The zero-order chi connectivity index (χ0) is 84.2. The molecule has 2 saturated heterocycles. The van der Waals surface area contributed by atoms with Gasteiger partial charge in [-0.15, -0.1) is 0 Å². The van der Waals surface area contributed by atoms with Crippen molar-refractivity contribution in [3.8, 4) is 0 Å². The summed E-state index contributed by atoms with van der Waals surface area (Å²) in [4.78, 5) is 106. The highest BCUT2D eigenvalue weighted by Crippen LogP contribution is 2.43. The number of aliphatic hydroxyl groups is 3. The Labute approximate surface area is 697 Å². The summed E-state index contributed by atoms with van der Waals surface area (Å²) in [7, 11) is -4.28. The number of hydrogen-bond donors (Lipinski definition) is 7. The summed E-state index contributed by atoms with van der Waals surface area (Å²) in [5, 5.41) is 40.6. The van der Waals surface area contributed by atoms with E-state index in [1.54, 1.807) is 0 Å². The molecule has 115 heavy (non-hydrogen) atoms. The number of amides is 2. The second-order valence-electron chi connectivity index (χ2n) is 33.6. The van der Waals surface area contributed by atoms with E-state index in [0.29, 0.717) is 51.4 Å². The van der Waals surface area contributed by atoms with Gasteiger partial charge in [-0.25, -0.2) is 4.57 Å². The number of phosphoric ester groups is 1. The molecule has 7 N–H and O–H groups in total. The van der Waals surface area contributed by atoms with Gasteiger partial charge in [0.2, 0.25) is 11.8 Å². The standard InChI is InChI=1S/C91H171N2O21P/c1-8-14-20-26-32-38-44-50-56-62-73(108-80(97)65-59-53-47-41-35-29-23-17-11-4)68-78(95)92-84-87(102)86(101)77(112-90(84)106-7)72-107-91-85(93-79(96)69-74(63-57-51-45-39-33-27-21-15-9-2)109-81(98)66-60-54-48-42-36-30-24-18-12-5)89(88(76(71-94)111-91)114-115(103,104)105)113-83(100)70-75(64-58-52-46-40-34-28-22-16-10-3)110-82(99)67-61-55-49-43-37-31-25-19-13-6/h73-77,84-91,94,101-102H,8-72H2,1-7H3,(H,92,95)(H,93,96)(H2,103,104,105)/t73-,74-,75-,76-,77-,84-,85-,86-,87-,88-,89-,90?,91-/m1/s1. The van der Waals surface area contributed by atoms with E-state index >= 15 is 0 Å². The third-order valence-electron chi connectivity index (χ3n) is 22.8. The van der Waals surface area contributed by atoms with Crippen LogP contribution >= 0.6 is 7.82 Å². The van der Waals surface area contributed by atoms with Crippen molar-refractivity contribution in [2.24, 2.45) is 0 Å². The Morgan fingerprint density at radius 1 is 0.357 bits per heavy atom. The molecule has 0 spiro atoms. The topological polar surface area (TPSA) is 328 Å². The predicted octanol–water partition coefficient (Wildman–Crippen LogP) is 20.6. The van der Waals surface area contributed by atoms with Crippen LogP contribution < -0.4 is 10.6 Å². The molecule has 0 aromatic heterocycles. The summed E-state index contributed by atoms with van der Waals surface area (Å²) in [6.07, 6.45) is 40.4. The van der Waals surface area contributed by atoms with Crippen molar-refractivity contribution >= 4 is 43.5 Å². The van der Waals surface area contributed by atoms with Crippen LogP contribution in [0.5, 0.6) is 0 Å². The number of esters is 4. The molecule has 2 amide bonds. The molecule has 0 aromatic rings. The first kappa shape index (κ1) is 108. The Morgan fingerprint density at radius 3 is 0.948 bits per heavy atom. The zero-order valence-corrected chi connectivity index (χ0v) is 74.6. The molecule has 2 rings (SSSR count). The maximum atomic E-state index is 15.0. The largest absolute Gasteiger partial charge is 0.470 e. The second kappa shape index (κ2) is 72.3. The molecular formula is C91H171N2O21P. The minimum absolute atomic E-state index is 0.131. The van der Waals surface area contributed by atoms with Crippen molar-refractivity contribution in [2.75, 3.05) is 20.3 Å². The van der Waals surface area contributed by atoms with Gasteiger partial charge >= 0.3 is 31.7 Å². The SMILES string of the molecule is CCCCCCCCCCCC(=O)O[C@H](CCCCCCCCCCC)CC(=O)N[C@H]1[C@H](OC[C@H]2OC(OC)[C@H](NC(=O)C[C@@H](CCCCCCCCCCC)OC(=O)CCCCCCCCCCC)[C@@H](O)[C@@H]2O)O[C@H](CO)[C@@H](OP(=O)(O)O)[C@@H]1OC(=O)C[C@@H](CCCCCCCCCCC)OC(=O)CCCCCCCCCCC. The van der Waals surface area contributed by atoms with Crippen LogP contribution in [-0.2, 0) is 75.8 Å². The van der Waals surface area contributed by atoms with Crippen molar-refractivity contribution in [2.45, 2.75) is 526 Å². The maximum absolute atomic E-state index is 15.0. The smallest absolute Gasteiger partial charge is 0.462 e. The third-order valence-corrected chi connectivity index (χ3v) is 23.3. The minimum Gasteiger partial charge on any atom is -0.462 e. The monoisotopic (exact) mass is 1660 g/mol. The van der Waals surface area contributed by atoms with Gasteiger partial charge in [-0.1, -0.05) is 350 Å². The van der Waals surface area contributed by atoms with Gasteiger partial charge in [0.05, 0.1) is 32.5 Å². The Kier molecular flexibility index (Phi) is 67.7. The van der Waals surface area contributed by atoms with Crippen LogP contribution in [0.25, 0.3) is 0 Å². The van der Waals surface area contributed by atoms with Gasteiger partial charge in [0.1, 0.15) is 60.9 Å². The number of unbranched alkanes of at least 4 members (excludes halogenated alkanes) is 48. The molecular weight excluding hydrogens is 1490 g/mol. The lowest BCUT2D eigenvalue weighted by Gasteiger charge is -2.46. The van der Waals surface area contributed by atoms with E-state index in [1.165, 1.54) is 142 Å². The molecule has 1 unspecified atom stereocenters. The van der Waals surface area contributed by atoms with E-state index in [-0.39, 0.29) is 31.7 Å². The predicted molar refractivity (Wildman–Crippen MR) is 455 cm³/mol. The average molecular weight is 1660 g/mol. The minimum atomic E-state index is -5.57. The molecule has 2 fully saturated rings. The van der Waals surface area contributed by atoms with Gasteiger partial charge in [0.15, 0.2) is 18.7 Å². The molecule has 2 heterocycles.